The number of nitrogens with one attached hydrogen (secondary N) is 1. The maximum atomic E-state index is 16.2. The van der Waals surface area contributed by atoms with Gasteiger partial charge in [-0.1, -0.05) is 18.2 Å². The molecule has 0 bridgehead atoms. The Kier molecular flexibility index (Phi) is 8.16. The number of esters is 1. The number of alkyl halides is 2. The van der Waals surface area contributed by atoms with Crippen molar-refractivity contribution in [2.24, 2.45) is 0 Å². The summed E-state index contributed by atoms with van der Waals surface area (Å²) in [6.45, 7) is 2.67. The molecular weight excluding hydrogens is 553 g/mol. The highest BCUT2D eigenvalue weighted by molar-refractivity contribution is 7.52. The van der Waals surface area contributed by atoms with Crippen molar-refractivity contribution < 1.29 is 41.8 Å². The first-order chi connectivity index (χ1) is 18.7. The maximum absolute atomic E-state index is 16.2. The SMILES string of the molecule is COC(=O)[C@@H](C)NP(=O)(OC[C@@]1(F)O[C@@H](n2cnc3c(N(C)C)nc(C)nc32)[C@](C)(F)[C@@H]1O)Oc1ccccc1. The van der Waals surface area contributed by atoms with Gasteiger partial charge in [0.25, 0.3) is 5.85 Å². The van der Waals surface area contributed by atoms with Gasteiger partial charge >= 0.3 is 13.7 Å². The summed E-state index contributed by atoms with van der Waals surface area (Å²) in [6, 6.07) is 6.57. The van der Waals surface area contributed by atoms with E-state index in [0.29, 0.717) is 17.2 Å². The quantitative estimate of drug-likeness (QED) is 0.266. The summed E-state index contributed by atoms with van der Waals surface area (Å²) in [5, 5.41) is 13.1. The number of halogens is 2. The lowest BCUT2D eigenvalue weighted by atomic mass is 9.97. The van der Waals surface area contributed by atoms with E-state index < -0.39 is 50.2 Å². The number of fused-ring (bicyclic) bond motifs is 1. The Bertz CT molecular complexity index is 1430. The molecule has 6 atom stereocenters. The molecule has 13 nitrogen and oxygen atoms in total. The Morgan fingerprint density at radius 3 is 2.60 bits per heavy atom. The zero-order valence-corrected chi connectivity index (χ0v) is 23.6. The first kappa shape index (κ1) is 29.7. The molecular formula is C24H31F2N6O7P. The van der Waals surface area contributed by atoms with Gasteiger partial charge in [0, 0.05) is 14.1 Å². The lowest BCUT2D eigenvalue weighted by Crippen LogP contribution is -2.47. The van der Waals surface area contributed by atoms with Gasteiger partial charge in [0.1, 0.15) is 24.2 Å². The Morgan fingerprint density at radius 2 is 1.98 bits per heavy atom. The number of imidazole rings is 1. The molecule has 1 saturated heterocycles. The summed E-state index contributed by atoms with van der Waals surface area (Å²) in [5.41, 5.74) is -2.27. The lowest BCUT2D eigenvalue weighted by molar-refractivity contribution is -0.202. The van der Waals surface area contributed by atoms with Crippen molar-refractivity contribution in [3.63, 3.8) is 0 Å². The molecule has 1 fully saturated rings. The highest BCUT2D eigenvalue weighted by Gasteiger charge is 2.65. The monoisotopic (exact) mass is 584 g/mol. The Hall–Kier alpha value is -3.23. The maximum Gasteiger partial charge on any atom is 0.459 e. The second-order valence-electron chi connectivity index (χ2n) is 9.67. The molecule has 1 unspecified atom stereocenters. The van der Waals surface area contributed by atoms with Crippen LogP contribution in [-0.2, 0) is 23.4 Å². The van der Waals surface area contributed by atoms with E-state index in [0.717, 1.165) is 18.6 Å². The van der Waals surface area contributed by atoms with Crippen LogP contribution in [0.25, 0.3) is 11.2 Å². The number of methoxy groups -OCH3 is 1. The second kappa shape index (κ2) is 11.0. The number of aliphatic hydroxyl groups excluding tert-OH is 1. The molecule has 3 aromatic rings. The Balaban J connectivity index is 1.64. The number of hydrogen-bond acceptors (Lipinski definition) is 11. The van der Waals surface area contributed by atoms with Crippen LogP contribution in [0.5, 0.6) is 5.75 Å². The van der Waals surface area contributed by atoms with Crippen molar-refractivity contribution in [3.05, 3.63) is 42.5 Å². The third-order valence-corrected chi connectivity index (χ3v) is 7.85. The smallest absolute Gasteiger partial charge is 0.459 e. The fraction of sp³-hybridized carbons (Fsp3) is 0.500. The standard InChI is InChI=1S/C24H31F2N6O7P/c1-14(20(33)36-6)30-40(35,39-16-10-8-7-9-11-16)37-12-24(26)21(34)23(3,25)22(38-24)32-13-27-17-18(31(4)5)28-15(2)29-19(17)32/h7-11,13-14,21-22,34H,12H2,1-6H3,(H,30,35)/t14-,21+,22-,23-,24-,40?/m1/s1. The number of hydrogen-bond donors (Lipinski definition) is 2. The molecule has 2 aromatic heterocycles. The van der Waals surface area contributed by atoms with Gasteiger partial charge < -0.3 is 24.0 Å². The number of rotatable bonds is 10. The third-order valence-electron chi connectivity index (χ3n) is 6.23. The molecule has 3 heterocycles. The fourth-order valence-electron chi connectivity index (χ4n) is 4.20. The van der Waals surface area contributed by atoms with Crippen molar-refractivity contribution in [2.75, 3.05) is 32.7 Å². The molecule has 0 amide bonds. The molecule has 1 aromatic carbocycles. The highest BCUT2D eigenvalue weighted by atomic mass is 31.2. The number of para-hydroxylation sites is 1. The number of benzene rings is 1. The molecule has 1 aliphatic rings. The van der Waals surface area contributed by atoms with Gasteiger partial charge in [-0.15, -0.1) is 0 Å². The summed E-state index contributed by atoms with van der Waals surface area (Å²) in [7, 11) is 0.0845. The average molecular weight is 585 g/mol. The van der Waals surface area contributed by atoms with E-state index in [1.807, 2.05) is 0 Å². The predicted molar refractivity (Wildman–Crippen MR) is 139 cm³/mol. The third kappa shape index (κ3) is 5.65. The van der Waals surface area contributed by atoms with Crippen LogP contribution in [0.2, 0.25) is 0 Å². The van der Waals surface area contributed by atoms with Crippen molar-refractivity contribution in [3.8, 4) is 5.75 Å². The molecule has 16 heteroatoms. The van der Waals surface area contributed by atoms with E-state index in [9.17, 15) is 14.5 Å². The van der Waals surface area contributed by atoms with Crippen molar-refractivity contribution in [1.29, 1.82) is 0 Å². The molecule has 218 valence electrons. The molecule has 0 saturated carbocycles. The van der Waals surface area contributed by atoms with Gasteiger partial charge in [0.15, 0.2) is 35.0 Å². The average Bonchev–Trinajstić information content (AvgIpc) is 3.39. The summed E-state index contributed by atoms with van der Waals surface area (Å²) in [4.78, 5) is 26.5. The number of anilines is 1. The number of aliphatic hydroxyl groups is 1. The molecule has 0 radical (unpaired) electrons. The van der Waals surface area contributed by atoms with Crippen molar-refractivity contribution in [1.82, 2.24) is 24.6 Å². The minimum atomic E-state index is -4.52. The number of nitrogens with zero attached hydrogens (tertiary/aromatic N) is 5. The van der Waals surface area contributed by atoms with Crippen molar-refractivity contribution in [2.45, 2.75) is 50.7 Å². The van der Waals surface area contributed by atoms with Crippen LogP contribution < -0.4 is 14.5 Å². The minimum absolute atomic E-state index is 0.0704. The van der Waals surface area contributed by atoms with Gasteiger partial charge in [0.2, 0.25) is 0 Å². The number of aromatic nitrogens is 4. The van der Waals surface area contributed by atoms with Crippen LogP contribution in [0.1, 0.15) is 25.9 Å². The molecule has 1 aliphatic heterocycles. The first-order valence-electron chi connectivity index (χ1n) is 12.2. The zero-order valence-electron chi connectivity index (χ0n) is 22.7. The van der Waals surface area contributed by atoms with Crippen LogP contribution in [0.3, 0.4) is 0 Å². The van der Waals surface area contributed by atoms with Gasteiger partial charge in [0.05, 0.1) is 13.4 Å². The van der Waals surface area contributed by atoms with Crippen LogP contribution in [0.15, 0.2) is 36.7 Å². The van der Waals surface area contributed by atoms with Gasteiger partial charge in [-0.2, -0.15) is 5.09 Å². The minimum Gasteiger partial charge on any atom is -0.468 e. The zero-order chi connectivity index (χ0) is 29.5. The van der Waals surface area contributed by atoms with Gasteiger partial charge in [-0.25, -0.2) is 28.3 Å². The number of aryl methyl sites for hydroxylation is 1. The van der Waals surface area contributed by atoms with E-state index >= 15 is 8.78 Å². The number of ether oxygens (including phenoxy) is 2. The molecule has 0 aliphatic carbocycles. The number of carbonyl (C=O) groups excluding carboxylic acids is 1. The largest absolute Gasteiger partial charge is 0.468 e. The highest BCUT2D eigenvalue weighted by Crippen LogP contribution is 2.52. The van der Waals surface area contributed by atoms with Gasteiger partial charge in [-0.05, 0) is 32.9 Å². The Morgan fingerprint density at radius 1 is 1.30 bits per heavy atom. The fourth-order valence-corrected chi connectivity index (χ4v) is 5.71. The summed E-state index contributed by atoms with van der Waals surface area (Å²) < 4.78 is 67.7. The normalized spacial score (nSPS) is 26.8. The van der Waals surface area contributed by atoms with Crippen LogP contribution >= 0.6 is 7.75 Å². The van der Waals surface area contributed by atoms with Crippen LogP contribution in [-0.4, -0.2) is 82.1 Å². The van der Waals surface area contributed by atoms with E-state index in [1.54, 1.807) is 44.1 Å². The summed E-state index contributed by atoms with van der Waals surface area (Å²) >= 11 is 0. The lowest BCUT2D eigenvalue weighted by Gasteiger charge is -2.28. The topological polar surface area (TPSA) is 150 Å². The van der Waals surface area contributed by atoms with Gasteiger partial charge in [-0.3, -0.25) is 13.9 Å². The van der Waals surface area contributed by atoms with E-state index in [-0.39, 0.29) is 11.4 Å². The summed E-state index contributed by atoms with van der Waals surface area (Å²) in [6.07, 6.45) is -2.94. The molecule has 40 heavy (non-hydrogen) atoms. The van der Waals surface area contributed by atoms with Crippen LogP contribution in [0.4, 0.5) is 14.6 Å². The van der Waals surface area contributed by atoms with Crippen molar-refractivity contribution >= 4 is 30.7 Å². The molecule has 0 spiro atoms. The predicted octanol–water partition coefficient (Wildman–Crippen LogP) is 2.84. The molecule has 4 rings (SSSR count). The Labute approximate surface area is 229 Å². The second-order valence-corrected chi connectivity index (χ2v) is 11.4. The molecule has 2 N–H and O–H groups in total. The van der Waals surface area contributed by atoms with Crippen LogP contribution in [0, 0.1) is 6.92 Å². The van der Waals surface area contributed by atoms with E-state index in [2.05, 4.69) is 24.8 Å². The van der Waals surface area contributed by atoms with E-state index in [4.69, 9.17) is 13.8 Å². The van der Waals surface area contributed by atoms with E-state index in [1.165, 1.54) is 25.4 Å². The number of carbonyl (C=O) groups is 1. The summed E-state index contributed by atoms with van der Waals surface area (Å²) in [5.74, 6) is -3.15. The first-order valence-corrected chi connectivity index (χ1v) is 13.7.